The van der Waals surface area contributed by atoms with Gasteiger partial charge < -0.3 is 10.7 Å². The van der Waals surface area contributed by atoms with Gasteiger partial charge in [-0.25, -0.2) is 4.98 Å². The van der Waals surface area contributed by atoms with Crippen LogP contribution in [0.15, 0.2) is 37.9 Å². The Morgan fingerprint density at radius 3 is 2.50 bits per heavy atom. The quantitative estimate of drug-likeness (QED) is 0.252. The minimum Gasteiger partial charge on any atom is -0.398 e. The highest BCUT2D eigenvalue weighted by atomic mass is 79.9. The summed E-state index contributed by atoms with van der Waals surface area (Å²) in [5.41, 5.74) is 9.74. The van der Waals surface area contributed by atoms with Crippen LogP contribution in [0.4, 0.5) is 5.69 Å². The van der Waals surface area contributed by atoms with Crippen molar-refractivity contribution in [1.29, 1.82) is 5.26 Å². The van der Waals surface area contributed by atoms with Crippen LogP contribution in [-0.2, 0) is 0 Å². The molecule has 0 saturated carbocycles. The number of nitrogen functional groups attached to an aromatic ring is 1. The van der Waals surface area contributed by atoms with E-state index < -0.39 is 0 Å². The summed E-state index contributed by atoms with van der Waals surface area (Å²) in [5.74, 6) is 0.623. The van der Waals surface area contributed by atoms with E-state index in [2.05, 4.69) is 55.0 Å². The predicted molar refractivity (Wildman–Crippen MR) is 117 cm³/mol. The lowest BCUT2D eigenvalue weighted by atomic mass is 10.1. The summed E-state index contributed by atoms with van der Waals surface area (Å²) in [4.78, 5) is 8.27. The second-order valence-corrected chi connectivity index (χ2v) is 10.6. The van der Waals surface area contributed by atoms with Gasteiger partial charge >= 0.3 is 0 Å². The summed E-state index contributed by atoms with van der Waals surface area (Å²) >= 11 is 10.5. The van der Waals surface area contributed by atoms with Crippen molar-refractivity contribution in [2.45, 2.75) is 0 Å². The molecule has 3 N–H and O–H groups in total. The molecular weight excluding hydrogens is 496 g/mol. The minimum atomic E-state index is 0.510. The van der Waals surface area contributed by atoms with Gasteiger partial charge in [0.15, 0.2) is 0 Å². The largest absolute Gasteiger partial charge is 0.398 e. The summed E-state index contributed by atoms with van der Waals surface area (Å²) < 4.78 is 4.37. The molecule has 126 valence electrons. The minimum absolute atomic E-state index is 0.510. The highest BCUT2D eigenvalue weighted by Crippen LogP contribution is 2.45. The number of anilines is 1. The van der Waals surface area contributed by atoms with Crippen LogP contribution in [0.2, 0.25) is 0 Å². The highest BCUT2D eigenvalue weighted by molar-refractivity contribution is 9.11. The molecule has 0 aliphatic heterocycles. The Morgan fingerprint density at radius 1 is 1.08 bits per heavy atom. The molecule has 0 bridgehead atoms. The van der Waals surface area contributed by atoms with Crippen LogP contribution in [-0.4, -0.2) is 9.97 Å². The predicted octanol–water partition coefficient (Wildman–Crippen LogP) is 6.64. The maximum absolute atomic E-state index is 9.47. The Bertz CT molecular complexity index is 1310. The fourth-order valence-electron chi connectivity index (χ4n) is 3.23. The molecule has 3 heterocycles. The van der Waals surface area contributed by atoms with Crippen molar-refractivity contribution in [3.63, 3.8) is 0 Å². The number of halogens is 2. The highest BCUT2D eigenvalue weighted by Gasteiger charge is 2.20. The van der Waals surface area contributed by atoms with E-state index in [9.17, 15) is 5.26 Å². The van der Waals surface area contributed by atoms with Crippen LogP contribution in [0.25, 0.3) is 42.6 Å². The molecule has 0 spiro atoms. The summed E-state index contributed by atoms with van der Waals surface area (Å²) in [6.45, 7) is 0. The molecule has 0 unspecified atom stereocenters. The van der Waals surface area contributed by atoms with Gasteiger partial charge in [0.25, 0.3) is 0 Å². The van der Waals surface area contributed by atoms with Crippen LogP contribution < -0.4 is 5.73 Å². The molecule has 0 atom stereocenters. The van der Waals surface area contributed by atoms with E-state index in [1.165, 1.54) is 10.8 Å². The van der Waals surface area contributed by atoms with Gasteiger partial charge in [0.2, 0.25) is 0 Å². The number of hydrogen-bond acceptors (Lipinski definition) is 5. The standard InChI is InChI=1S/C18H8Br2N4S2/c19-11-4-8-9-5-12(20)26-17(9)15-14(16(8)25-11)23-18(24-15)13-7(6-21)2-1-3-10(13)22/h1-5H,22H2,(H,23,24). The van der Waals surface area contributed by atoms with Gasteiger partial charge in [-0.3, -0.25) is 0 Å². The normalized spacial score (nSPS) is 11.6. The molecular formula is C18H8Br2N4S2. The van der Waals surface area contributed by atoms with Crippen LogP contribution in [0.5, 0.6) is 0 Å². The molecule has 5 rings (SSSR count). The summed E-state index contributed by atoms with van der Waals surface area (Å²) in [5, 5.41) is 11.8. The number of nitrogens with two attached hydrogens (primary N) is 1. The molecule has 8 heteroatoms. The van der Waals surface area contributed by atoms with E-state index in [4.69, 9.17) is 10.7 Å². The Balaban J connectivity index is 1.97. The first kappa shape index (κ1) is 16.3. The first-order valence-corrected chi connectivity index (χ1v) is 10.8. The first-order chi connectivity index (χ1) is 12.6. The van der Waals surface area contributed by atoms with Crippen LogP contribution in [0, 0.1) is 11.3 Å². The van der Waals surface area contributed by atoms with Gasteiger partial charge in [0.1, 0.15) is 11.3 Å². The number of nitriles is 1. The van der Waals surface area contributed by atoms with E-state index in [1.807, 2.05) is 0 Å². The average molecular weight is 504 g/mol. The smallest absolute Gasteiger partial charge is 0.142 e. The Kier molecular flexibility index (Phi) is 3.62. The van der Waals surface area contributed by atoms with Crippen molar-refractivity contribution in [3.05, 3.63) is 43.5 Å². The number of benzene rings is 2. The number of hydrogen-bond donors (Lipinski definition) is 2. The van der Waals surface area contributed by atoms with E-state index in [1.54, 1.807) is 40.9 Å². The lowest BCUT2D eigenvalue weighted by molar-refractivity contribution is 1.33. The lowest BCUT2D eigenvalue weighted by Gasteiger charge is -2.03. The number of imidazole rings is 1. The molecule has 26 heavy (non-hydrogen) atoms. The Labute approximate surface area is 172 Å². The van der Waals surface area contributed by atoms with E-state index in [0.29, 0.717) is 22.6 Å². The van der Waals surface area contributed by atoms with Crippen molar-refractivity contribution in [3.8, 4) is 17.5 Å². The number of fused-ring (bicyclic) bond motifs is 6. The maximum Gasteiger partial charge on any atom is 0.142 e. The van der Waals surface area contributed by atoms with Gasteiger partial charge in [-0.1, -0.05) is 6.07 Å². The van der Waals surface area contributed by atoms with Crippen molar-refractivity contribution in [2.75, 3.05) is 5.73 Å². The number of nitrogens with zero attached hydrogens (tertiary/aromatic N) is 2. The fourth-order valence-corrected chi connectivity index (χ4v) is 6.46. The second kappa shape index (κ2) is 5.79. The van der Waals surface area contributed by atoms with Crippen LogP contribution >= 0.6 is 54.5 Å². The van der Waals surface area contributed by atoms with Crippen molar-refractivity contribution in [1.82, 2.24) is 9.97 Å². The molecule has 2 aromatic carbocycles. The number of H-pyrrole nitrogens is 1. The summed E-state index contributed by atoms with van der Waals surface area (Å²) in [6.07, 6.45) is 0. The van der Waals surface area contributed by atoms with Gasteiger partial charge in [-0.05, 0) is 56.1 Å². The van der Waals surface area contributed by atoms with Gasteiger partial charge in [-0.2, -0.15) is 5.26 Å². The molecule has 0 aliphatic carbocycles. The van der Waals surface area contributed by atoms with Gasteiger partial charge in [0.05, 0.1) is 39.7 Å². The zero-order chi connectivity index (χ0) is 18.0. The molecule has 0 saturated heterocycles. The van der Waals surface area contributed by atoms with Gasteiger partial charge in [-0.15, -0.1) is 22.7 Å². The third-order valence-electron chi connectivity index (χ3n) is 4.29. The average Bonchev–Trinajstić information content (AvgIpc) is 3.29. The fraction of sp³-hybridized carbons (Fsp3) is 0. The van der Waals surface area contributed by atoms with Crippen molar-refractivity contribution < 1.29 is 0 Å². The topological polar surface area (TPSA) is 78.5 Å². The van der Waals surface area contributed by atoms with Gasteiger partial charge in [0, 0.05) is 16.5 Å². The molecule has 0 fully saturated rings. The Hall–Kier alpha value is -1.92. The molecule has 0 amide bonds. The third kappa shape index (κ3) is 2.25. The second-order valence-electron chi connectivity index (χ2n) is 5.78. The molecule has 0 radical (unpaired) electrons. The third-order valence-corrected chi connectivity index (χ3v) is 7.59. The van der Waals surface area contributed by atoms with E-state index in [-0.39, 0.29) is 0 Å². The lowest BCUT2D eigenvalue weighted by Crippen LogP contribution is -1.94. The number of nitrogens with one attached hydrogen (secondary N) is 1. The molecule has 0 aliphatic rings. The maximum atomic E-state index is 9.47. The number of aromatic nitrogens is 2. The van der Waals surface area contributed by atoms with Crippen LogP contribution in [0.3, 0.4) is 0 Å². The number of aromatic amines is 1. The molecule has 4 nitrogen and oxygen atoms in total. The summed E-state index contributed by atoms with van der Waals surface area (Å²) in [7, 11) is 0. The first-order valence-electron chi connectivity index (χ1n) is 7.55. The zero-order valence-corrected chi connectivity index (χ0v) is 17.7. The molecule has 3 aromatic heterocycles. The van der Waals surface area contributed by atoms with Crippen LogP contribution in [0.1, 0.15) is 5.56 Å². The summed E-state index contributed by atoms with van der Waals surface area (Å²) in [6, 6.07) is 11.8. The zero-order valence-electron chi connectivity index (χ0n) is 12.9. The SMILES string of the molecule is N#Cc1cccc(N)c1-c1nc2c([nH]1)c1sc(Br)cc1c1cc(Br)sc12. The van der Waals surface area contributed by atoms with E-state index >= 15 is 0 Å². The Morgan fingerprint density at radius 2 is 1.77 bits per heavy atom. The van der Waals surface area contributed by atoms with Crippen molar-refractivity contribution >= 4 is 91.4 Å². The van der Waals surface area contributed by atoms with E-state index in [0.717, 1.165) is 28.0 Å². The monoisotopic (exact) mass is 502 g/mol. The van der Waals surface area contributed by atoms with Crippen molar-refractivity contribution in [2.24, 2.45) is 0 Å². The number of rotatable bonds is 1. The number of thiophene rings is 2. The molecule has 5 aromatic rings.